The van der Waals surface area contributed by atoms with Gasteiger partial charge in [0.05, 0.1) is 12.7 Å². The first kappa shape index (κ1) is 14.8. The highest BCUT2D eigenvalue weighted by atomic mass is 35.5. The van der Waals surface area contributed by atoms with Crippen LogP contribution in [-0.4, -0.2) is 33.3 Å². The minimum Gasteiger partial charge on any atom is -0.496 e. The van der Waals surface area contributed by atoms with Crippen molar-refractivity contribution in [1.82, 2.24) is 5.32 Å². The van der Waals surface area contributed by atoms with E-state index in [1.165, 1.54) is 7.11 Å². The summed E-state index contributed by atoms with van der Waals surface area (Å²) in [5.41, 5.74) is 1.30. The molecule has 0 aliphatic rings. The third-order valence-corrected chi connectivity index (χ3v) is 2.72. The van der Waals surface area contributed by atoms with Crippen molar-refractivity contribution in [1.29, 1.82) is 0 Å². The van der Waals surface area contributed by atoms with Crippen LogP contribution < -0.4 is 10.1 Å². The number of nitrogens with one attached hydrogen (secondary N) is 1. The fourth-order valence-electron chi connectivity index (χ4n) is 1.68. The Kier molecular flexibility index (Phi) is 5.95. The minimum absolute atomic E-state index is 0.187. The normalized spacial score (nSPS) is 10.2. The van der Waals surface area contributed by atoms with Crippen molar-refractivity contribution < 1.29 is 14.3 Å². The molecule has 0 spiro atoms. The summed E-state index contributed by atoms with van der Waals surface area (Å²) in [6, 6.07) is 3.38. The van der Waals surface area contributed by atoms with Gasteiger partial charge in [-0.2, -0.15) is 0 Å². The lowest BCUT2D eigenvalue weighted by atomic mass is 10.1. The van der Waals surface area contributed by atoms with Gasteiger partial charge in [-0.3, -0.25) is 4.79 Å². The van der Waals surface area contributed by atoms with Crippen LogP contribution in [-0.2, 0) is 4.74 Å². The summed E-state index contributed by atoms with van der Waals surface area (Å²) in [7, 11) is 3.17. The van der Waals surface area contributed by atoms with E-state index in [0.29, 0.717) is 29.5 Å². The number of aryl methyl sites for hydroxylation is 1. The van der Waals surface area contributed by atoms with Crippen LogP contribution in [0, 0.1) is 6.92 Å². The Morgan fingerprint density at radius 2 is 2.11 bits per heavy atom. The maximum absolute atomic E-state index is 12.0. The van der Waals surface area contributed by atoms with Gasteiger partial charge in [-0.05, 0) is 31.0 Å². The molecule has 0 aliphatic carbocycles. The fraction of sp³-hybridized carbons (Fsp3) is 0.462. The van der Waals surface area contributed by atoms with Crippen LogP contribution in [0.2, 0.25) is 5.02 Å². The average molecular weight is 272 g/mol. The van der Waals surface area contributed by atoms with Gasteiger partial charge in [0.1, 0.15) is 5.75 Å². The molecule has 5 heteroatoms. The van der Waals surface area contributed by atoms with E-state index < -0.39 is 0 Å². The van der Waals surface area contributed by atoms with Crippen LogP contribution in [0.4, 0.5) is 0 Å². The maximum Gasteiger partial charge on any atom is 0.255 e. The fourth-order valence-corrected chi connectivity index (χ4v) is 1.96. The molecule has 100 valence electrons. The van der Waals surface area contributed by atoms with E-state index in [-0.39, 0.29) is 5.91 Å². The molecule has 0 fully saturated rings. The van der Waals surface area contributed by atoms with E-state index in [2.05, 4.69) is 5.32 Å². The lowest BCUT2D eigenvalue weighted by Gasteiger charge is -2.12. The van der Waals surface area contributed by atoms with Gasteiger partial charge in [-0.25, -0.2) is 0 Å². The number of rotatable bonds is 6. The van der Waals surface area contributed by atoms with E-state index in [9.17, 15) is 4.79 Å². The van der Waals surface area contributed by atoms with Gasteiger partial charge in [0.15, 0.2) is 0 Å². The molecule has 0 unspecified atom stereocenters. The molecule has 1 aromatic rings. The van der Waals surface area contributed by atoms with Gasteiger partial charge >= 0.3 is 0 Å². The molecule has 0 atom stereocenters. The molecule has 0 saturated carbocycles. The number of hydrogen-bond donors (Lipinski definition) is 1. The van der Waals surface area contributed by atoms with Crippen LogP contribution in [0.3, 0.4) is 0 Å². The molecule has 1 N–H and O–H groups in total. The number of halogens is 1. The number of hydrogen-bond acceptors (Lipinski definition) is 3. The Bertz CT molecular complexity index is 421. The monoisotopic (exact) mass is 271 g/mol. The number of methoxy groups -OCH3 is 2. The van der Waals surface area contributed by atoms with Gasteiger partial charge < -0.3 is 14.8 Å². The van der Waals surface area contributed by atoms with Gasteiger partial charge in [0.25, 0.3) is 5.91 Å². The second-order valence-corrected chi connectivity index (χ2v) is 4.34. The standard InChI is InChI=1S/C13H18ClNO3/c1-9-7-10(14)8-11(12(9)18-3)13(16)15-5-4-6-17-2/h7-8H,4-6H2,1-3H3,(H,15,16). The number of ether oxygens (including phenoxy) is 2. The molecular formula is C13H18ClNO3. The molecule has 1 rings (SSSR count). The summed E-state index contributed by atoms with van der Waals surface area (Å²) in [4.78, 5) is 12.0. The van der Waals surface area contributed by atoms with Crippen molar-refractivity contribution in [2.24, 2.45) is 0 Å². The van der Waals surface area contributed by atoms with E-state index in [0.717, 1.165) is 12.0 Å². The molecule has 0 radical (unpaired) electrons. The van der Waals surface area contributed by atoms with E-state index in [4.69, 9.17) is 21.1 Å². The Hall–Kier alpha value is -1.26. The van der Waals surface area contributed by atoms with E-state index in [1.54, 1.807) is 19.2 Å². The molecule has 0 bridgehead atoms. The van der Waals surface area contributed by atoms with Gasteiger partial charge in [-0.15, -0.1) is 0 Å². The first-order chi connectivity index (χ1) is 8.60. The SMILES string of the molecule is COCCCNC(=O)c1cc(Cl)cc(C)c1OC. The highest BCUT2D eigenvalue weighted by Gasteiger charge is 2.15. The van der Waals surface area contributed by atoms with E-state index >= 15 is 0 Å². The number of amides is 1. The smallest absolute Gasteiger partial charge is 0.255 e. The van der Waals surface area contributed by atoms with Crippen molar-refractivity contribution in [2.45, 2.75) is 13.3 Å². The second kappa shape index (κ2) is 7.24. The molecule has 0 aromatic heterocycles. The number of benzene rings is 1. The zero-order valence-electron chi connectivity index (χ0n) is 10.9. The zero-order valence-corrected chi connectivity index (χ0v) is 11.6. The number of carbonyl (C=O) groups is 1. The zero-order chi connectivity index (χ0) is 13.5. The second-order valence-electron chi connectivity index (χ2n) is 3.91. The first-order valence-corrected chi connectivity index (χ1v) is 6.09. The first-order valence-electron chi connectivity index (χ1n) is 5.71. The largest absolute Gasteiger partial charge is 0.496 e. The summed E-state index contributed by atoms with van der Waals surface area (Å²) >= 11 is 5.95. The third-order valence-electron chi connectivity index (χ3n) is 2.50. The lowest BCUT2D eigenvalue weighted by molar-refractivity contribution is 0.0945. The number of carbonyl (C=O) groups excluding carboxylic acids is 1. The van der Waals surface area contributed by atoms with Gasteiger partial charge in [-0.1, -0.05) is 11.6 Å². The average Bonchev–Trinajstić information content (AvgIpc) is 2.33. The predicted molar refractivity (Wildman–Crippen MR) is 71.6 cm³/mol. The Labute approximate surface area is 112 Å². The Morgan fingerprint density at radius 1 is 1.39 bits per heavy atom. The van der Waals surface area contributed by atoms with E-state index in [1.807, 2.05) is 6.92 Å². The molecule has 0 heterocycles. The third kappa shape index (κ3) is 3.89. The van der Waals surface area contributed by atoms with Crippen LogP contribution in [0.5, 0.6) is 5.75 Å². The van der Waals surface area contributed by atoms with Crippen molar-refractivity contribution >= 4 is 17.5 Å². The van der Waals surface area contributed by atoms with Gasteiger partial charge in [0.2, 0.25) is 0 Å². The summed E-state index contributed by atoms with van der Waals surface area (Å²) in [5.74, 6) is 0.372. The van der Waals surface area contributed by atoms with Crippen molar-refractivity contribution in [3.05, 3.63) is 28.3 Å². The maximum atomic E-state index is 12.0. The van der Waals surface area contributed by atoms with Gasteiger partial charge in [0, 0.05) is 25.3 Å². The quantitative estimate of drug-likeness (QED) is 0.809. The van der Waals surface area contributed by atoms with Crippen molar-refractivity contribution in [2.75, 3.05) is 27.4 Å². The van der Waals surface area contributed by atoms with Crippen LogP contribution in [0.1, 0.15) is 22.3 Å². The molecule has 0 saturated heterocycles. The minimum atomic E-state index is -0.187. The predicted octanol–water partition coefficient (Wildman–Crippen LogP) is 2.42. The summed E-state index contributed by atoms with van der Waals surface area (Å²) in [5, 5.41) is 3.33. The van der Waals surface area contributed by atoms with Crippen molar-refractivity contribution in [3.8, 4) is 5.75 Å². The van der Waals surface area contributed by atoms with Crippen molar-refractivity contribution in [3.63, 3.8) is 0 Å². The highest BCUT2D eigenvalue weighted by Crippen LogP contribution is 2.27. The Balaban J connectivity index is 2.78. The van der Waals surface area contributed by atoms with Crippen LogP contribution >= 0.6 is 11.6 Å². The lowest BCUT2D eigenvalue weighted by Crippen LogP contribution is -2.25. The summed E-state index contributed by atoms with van der Waals surface area (Å²) < 4.78 is 10.2. The molecular weight excluding hydrogens is 254 g/mol. The summed E-state index contributed by atoms with van der Waals surface area (Å²) in [6.07, 6.45) is 0.768. The van der Waals surface area contributed by atoms with Crippen LogP contribution in [0.15, 0.2) is 12.1 Å². The molecule has 18 heavy (non-hydrogen) atoms. The summed E-state index contributed by atoms with van der Waals surface area (Å²) in [6.45, 7) is 3.03. The molecule has 0 aliphatic heterocycles. The molecule has 1 amide bonds. The Morgan fingerprint density at radius 3 is 2.72 bits per heavy atom. The topological polar surface area (TPSA) is 47.6 Å². The molecule has 4 nitrogen and oxygen atoms in total. The van der Waals surface area contributed by atoms with Crippen LogP contribution in [0.25, 0.3) is 0 Å². The highest BCUT2D eigenvalue weighted by molar-refractivity contribution is 6.31. The molecule has 1 aromatic carbocycles.